The van der Waals surface area contributed by atoms with Crippen LogP contribution in [0.2, 0.25) is 5.02 Å². The molecule has 0 spiro atoms. The number of hydrogen-bond donors (Lipinski definition) is 1. The molecule has 0 bridgehead atoms. The van der Waals surface area contributed by atoms with E-state index in [1.807, 2.05) is 37.3 Å². The molecule has 0 aromatic heterocycles. The summed E-state index contributed by atoms with van der Waals surface area (Å²) in [5.41, 5.74) is 2.19. The molecule has 21 heavy (non-hydrogen) atoms. The molecule has 6 heteroatoms. The highest BCUT2D eigenvalue weighted by molar-refractivity contribution is 7.89. The average Bonchev–Trinajstić information content (AvgIpc) is 2.47. The maximum Gasteiger partial charge on any atom is 0.242 e. The molecule has 2 rings (SSSR count). The number of nitriles is 1. The predicted molar refractivity (Wildman–Crippen MR) is 81.4 cm³/mol. The molecule has 0 heterocycles. The van der Waals surface area contributed by atoms with E-state index in [1.165, 1.54) is 18.2 Å². The van der Waals surface area contributed by atoms with Crippen molar-refractivity contribution >= 4 is 21.6 Å². The second-order valence-corrected chi connectivity index (χ2v) is 6.71. The third-order valence-corrected chi connectivity index (χ3v) is 4.82. The SMILES string of the molecule is Cc1ccc(CNS(=O)(=O)c2cc(C#N)ccc2Cl)cc1. The van der Waals surface area contributed by atoms with Crippen molar-refractivity contribution in [2.45, 2.75) is 18.4 Å². The number of nitrogens with one attached hydrogen (secondary N) is 1. The van der Waals surface area contributed by atoms with E-state index in [2.05, 4.69) is 4.72 Å². The van der Waals surface area contributed by atoms with Crippen LogP contribution in [0.4, 0.5) is 0 Å². The fourth-order valence-electron chi connectivity index (χ4n) is 1.74. The van der Waals surface area contributed by atoms with Gasteiger partial charge in [-0.1, -0.05) is 41.4 Å². The minimum absolute atomic E-state index is 0.0877. The van der Waals surface area contributed by atoms with Gasteiger partial charge in [-0.3, -0.25) is 0 Å². The van der Waals surface area contributed by atoms with E-state index in [9.17, 15) is 8.42 Å². The van der Waals surface area contributed by atoms with Gasteiger partial charge in [0.25, 0.3) is 0 Å². The van der Waals surface area contributed by atoms with E-state index in [1.54, 1.807) is 0 Å². The van der Waals surface area contributed by atoms with Crippen LogP contribution in [0.15, 0.2) is 47.4 Å². The summed E-state index contributed by atoms with van der Waals surface area (Å²) in [5, 5.41) is 8.93. The fourth-order valence-corrected chi connectivity index (χ4v) is 3.28. The Morgan fingerprint density at radius 1 is 1.19 bits per heavy atom. The van der Waals surface area contributed by atoms with Crippen molar-refractivity contribution in [2.75, 3.05) is 0 Å². The lowest BCUT2D eigenvalue weighted by atomic mass is 10.2. The highest BCUT2D eigenvalue weighted by Crippen LogP contribution is 2.22. The van der Waals surface area contributed by atoms with Gasteiger partial charge in [0.15, 0.2) is 0 Å². The van der Waals surface area contributed by atoms with E-state index in [0.29, 0.717) is 0 Å². The standard InChI is InChI=1S/C15H13ClN2O2S/c1-11-2-4-12(5-3-11)10-18-21(19,20)15-8-13(9-17)6-7-14(15)16/h2-8,18H,10H2,1H3. The molecule has 2 aromatic carbocycles. The number of aryl methyl sites for hydroxylation is 1. The Morgan fingerprint density at radius 2 is 1.86 bits per heavy atom. The Hall–Kier alpha value is -1.87. The Kier molecular flexibility index (Phi) is 4.63. The monoisotopic (exact) mass is 320 g/mol. The van der Waals surface area contributed by atoms with E-state index >= 15 is 0 Å². The Bertz CT molecular complexity index is 793. The van der Waals surface area contributed by atoms with Crippen LogP contribution in [0.1, 0.15) is 16.7 Å². The Balaban J connectivity index is 2.23. The van der Waals surface area contributed by atoms with Gasteiger partial charge < -0.3 is 0 Å². The van der Waals surface area contributed by atoms with Gasteiger partial charge in [-0.25, -0.2) is 13.1 Å². The summed E-state index contributed by atoms with van der Waals surface area (Å²) in [6, 6.07) is 13.6. The lowest BCUT2D eigenvalue weighted by molar-refractivity contribution is 0.581. The Morgan fingerprint density at radius 3 is 2.48 bits per heavy atom. The third kappa shape index (κ3) is 3.82. The number of sulfonamides is 1. The van der Waals surface area contributed by atoms with Gasteiger partial charge in [-0.05, 0) is 30.7 Å². The molecule has 108 valence electrons. The largest absolute Gasteiger partial charge is 0.242 e. The van der Waals surface area contributed by atoms with Crippen LogP contribution in [-0.2, 0) is 16.6 Å². The maximum absolute atomic E-state index is 12.3. The number of halogens is 1. The molecule has 4 nitrogen and oxygen atoms in total. The lowest BCUT2D eigenvalue weighted by Gasteiger charge is -2.09. The normalized spacial score (nSPS) is 11.1. The molecule has 0 aliphatic heterocycles. The summed E-state index contributed by atoms with van der Waals surface area (Å²) in [7, 11) is -3.76. The van der Waals surface area contributed by atoms with Gasteiger partial charge in [-0.15, -0.1) is 0 Å². The number of benzene rings is 2. The first-order valence-corrected chi connectivity index (χ1v) is 8.03. The van der Waals surface area contributed by atoms with Crippen LogP contribution in [0.25, 0.3) is 0 Å². The first kappa shape index (κ1) is 15.5. The van der Waals surface area contributed by atoms with Crippen LogP contribution >= 0.6 is 11.6 Å². The van der Waals surface area contributed by atoms with Gasteiger partial charge in [0.05, 0.1) is 16.7 Å². The number of hydrogen-bond acceptors (Lipinski definition) is 3. The van der Waals surface area contributed by atoms with Gasteiger partial charge in [-0.2, -0.15) is 5.26 Å². The molecule has 0 saturated heterocycles. The van der Waals surface area contributed by atoms with Crippen LogP contribution in [-0.4, -0.2) is 8.42 Å². The van der Waals surface area contributed by atoms with Gasteiger partial charge in [0, 0.05) is 6.54 Å². The van der Waals surface area contributed by atoms with Crippen molar-refractivity contribution in [1.82, 2.24) is 4.72 Å². The van der Waals surface area contributed by atoms with Gasteiger partial charge in [0.2, 0.25) is 10.0 Å². The van der Waals surface area contributed by atoms with Crippen molar-refractivity contribution < 1.29 is 8.42 Å². The molecule has 0 amide bonds. The minimum atomic E-state index is -3.76. The number of nitrogens with zero attached hydrogens (tertiary/aromatic N) is 1. The average molecular weight is 321 g/mol. The van der Waals surface area contributed by atoms with Crippen LogP contribution < -0.4 is 4.72 Å². The highest BCUT2D eigenvalue weighted by Gasteiger charge is 2.18. The van der Waals surface area contributed by atoms with Crippen molar-refractivity contribution in [2.24, 2.45) is 0 Å². The van der Waals surface area contributed by atoms with E-state index in [4.69, 9.17) is 16.9 Å². The summed E-state index contributed by atoms with van der Waals surface area (Å²) in [6.45, 7) is 2.12. The molecule has 0 fully saturated rings. The van der Waals surface area contributed by atoms with Gasteiger partial charge in [0.1, 0.15) is 4.90 Å². The first-order valence-electron chi connectivity index (χ1n) is 6.17. The van der Waals surface area contributed by atoms with E-state index in [-0.39, 0.29) is 22.0 Å². The molecule has 0 aliphatic rings. The topological polar surface area (TPSA) is 70.0 Å². The zero-order valence-electron chi connectivity index (χ0n) is 11.3. The van der Waals surface area contributed by atoms with Crippen LogP contribution in [0, 0.1) is 18.3 Å². The summed E-state index contributed by atoms with van der Waals surface area (Å²) in [6.07, 6.45) is 0. The second kappa shape index (κ2) is 6.27. The molecule has 0 radical (unpaired) electrons. The van der Waals surface area contributed by atoms with E-state index < -0.39 is 10.0 Å². The summed E-state index contributed by atoms with van der Waals surface area (Å²) >= 11 is 5.91. The first-order chi connectivity index (χ1) is 9.92. The molecule has 0 aliphatic carbocycles. The maximum atomic E-state index is 12.3. The third-order valence-electron chi connectivity index (χ3n) is 2.94. The minimum Gasteiger partial charge on any atom is -0.207 e. The molecular weight excluding hydrogens is 308 g/mol. The second-order valence-electron chi connectivity index (χ2n) is 4.57. The molecule has 1 N–H and O–H groups in total. The van der Waals surface area contributed by atoms with Crippen LogP contribution in [0.5, 0.6) is 0 Å². The molecule has 0 atom stereocenters. The quantitative estimate of drug-likeness (QED) is 0.941. The summed E-state index contributed by atoms with van der Waals surface area (Å²) < 4.78 is 27.0. The van der Waals surface area contributed by atoms with E-state index in [0.717, 1.165) is 11.1 Å². The Labute approximate surface area is 129 Å². The predicted octanol–water partition coefficient (Wildman–Crippen LogP) is 3.00. The molecule has 2 aromatic rings. The van der Waals surface area contributed by atoms with Crippen LogP contribution in [0.3, 0.4) is 0 Å². The zero-order valence-corrected chi connectivity index (χ0v) is 12.9. The number of rotatable bonds is 4. The summed E-state index contributed by atoms with van der Waals surface area (Å²) in [5.74, 6) is 0. The zero-order chi connectivity index (χ0) is 15.5. The molecule has 0 unspecified atom stereocenters. The smallest absolute Gasteiger partial charge is 0.207 e. The summed E-state index contributed by atoms with van der Waals surface area (Å²) in [4.78, 5) is -0.0877. The van der Waals surface area contributed by atoms with Crippen molar-refractivity contribution in [1.29, 1.82) is 5.26 Å². The highest BCUT2D eigenvalue weighted by atomic mass is 35.5. The lowest BCUT2D eigenvalue weighted by Crippen LogP contribution is -2.23. The van der Waals surface area contributed by atoms with Gasteiger partial charge >= 0.3 is 0 Å². The molecular formula is C15H13ClN2O2S. The van der Waals surface area contributed by atoms with Crippen molar-refractivity contribution in [3.8, 4) is 6.07 Å². The van der Waals surface area contributed by atoms with Crippen molar-refractivity contribution in [3.63, 3.8) is 0 Å². The fraction of sp³-hybridized carbons (Fsp3) is 0.133. The molecule has 0 saturated carbocycles. The van der Waals surface area contributed by atoms with Crippen molar-refractivity contribution in [3.05, 3.63) is 64.2 Å².